The minimum absolute atomic E-state index is 0.0293. The van der Waals surface area contributed by atoms with Crippen molar-refractivity contribution in [1.82, 2.24) is 19.4 Å². The summed E-state index contributed by atoms with van der Waals surface area (Å²) in [5.41, 5.74) is 4.06. The smallest absolute Gasteiger partial charge is 0.416 e. The van der Waals surface area contributed by atoms with E-state index >= 15 is 0 Å². The number of methoxy groups -OCH3 is 1. The van der Waals surface area contributed by atoms with Gasteiger partial charge in [-0.25, -0.2) is 9.97 Å². The lowest BCUT2D eigenvalue weighted by Gasteiger charge is -2.28. The zero-order chi connectivity index (χ0) is 27.7. The van der Waals surface area contributed by atoms with E-state index in [1.807, 2.05) is 53.8 Å². The molecule has 2 aromatic carbocycles. The van der Waals surface area contributed by atoms with Gasteiger partial charge in [0.25, 0.3) is 0 Å². The van der Waals surface area contributed by atoms with E-state index in [0.717, 1.165) is 51.6 Å². The van der Waals surface area contributed by atoms with Crippen LogP contribution in [0.25, 0.3) is 22.3 Å². The molecule has 39 heavy (non-hydrogen) atoms. The van der Waals surface area contributed by atoms with Crippen LogP contribution in [0.5, 0.6) is 5.75 Å². The fourth-order valence-electron chi connectivity index (χ4n) is 4.58. The number of rotatable bonds is 6. The Kier molecular flexibility index (Phi) is 7.31. The molecule has 4 aromatic rings. The van der Waals surface area contributed by atoms with Gasteiger partial charge in [-0.2, -0.15) is 13.2 Å². The molecule has 2 aromatic heterocycles. The third kappa shape index (κ3) is 5.75. The molecule has 0 spiro atoms. The van der Waals surface area contributed by atoms with E-state index in [9.17, 15) is 18.0 Å². The van der Waals surface area contributed by atoms with E-state index < -0.39 is 11.7 Å². The Morgan fingerprint density at radius 2 is 1.90 bits per heavy atom. The summed E-state index contributed by atoms with van der Waals surface area (Å²) in [6.07, 6.45) is 2.70. The van der Waals surface area contributed by atoms with Crippen LogP contribution in [-0.4, -0.2) is 39.0 Å². The molecule has 1 aliphatic rings. The predicted molar refractivity (Wildman–Crippen MR) is 145 cm³/mol. The maximum atomic E-state index is 13.4. The van der Waals surface area contributed by atoms with Crippen molar-refractivity contribution in [3.05, 3.63) is 88.0 Å². The van der Waals surface area contributed by atoms with Crippen molar-refractivity contribution in [2.45, 2.75) is 39.4 Å². The first-order valence-corrected chi connectivity index (χ1v) is 13.3. The van der Waals surface area contributed by atoms with Crippen LogP contribution in [0, 0.1) is 13.8 Å². The average molecular weight is 553 g/mol. The standard InChI is InChI=1S/C29H27F3N4O2S/c1-18-15-36(17-33-18)24-11-6-20(14-25(24)38-3)13-22-5-4-12-35(28(22)37)16-26-19(2)34-27(39-26)21-7-9-23(10-8-21)29(30,31)32/h6-11,13-15,17H,4-5,12,16H2,1-3H3/b22-13+. The van der Waals surface area contributed by atoms with Gasteiger partial charge < -0.3 is 14.2 Å². The first-order valence-electron chi connectivity index (χ1n) is 12.4. The Balaban J connectivity index is 1.33. The van der Waals surface area contributed by atoms with Crippen LogP contribution in [0.15, 0.2) is 60.6 Å². The monoisotopic (exact) mass is 552 g/mol. The molecular formula is C29H27F3N4O2S. The molecule has 1 fully saturated rings. The minimum atomic E-state index is -4.38. The number of carbonyl (C=O) groups is 1. The van der Waals surface area contributed by atoms with Crippen molar-refractivity contribution in [3.8, 4) is 22.0 Å². The summed E-state index contributed by atoms with van der Waals surface area (Å²) in [5.74, 6) is 0.649. The van der Waals surface area contributed by atoms with E-state index in [1.54, 1.807) is 13.4 Å². The number of imidazole rings is 1. The number of halogens is 3. The van der Waals surface area contributed by atoms with E-state index in [2.05, 4.69) is 9.97 Å². The number of amides is 1. The van der Waals surface area contributed by atoms with E-state index in [1.165, 1.54) is 23.5 Å². The maximum Gasteiger partial charge on any atom is 0.416 e. The number of piperidine rings is 1. The number of alkyl halides is 3. The van der Waals surface area contributed by atoms with Gasteiger partial charge in [-0.15, -0.1) is 11.3 Å². The first kappa shape index (κ1) is 26.7. The highest BCUT2D eigenvalue weighted by molar-refractivity contribution is 7.15. The third-order valence-corrected chi connectivity index (χ3v) is 7.85. The predicted octanol–water partition coefficient (Wildman–Crippen LogP) is 6.85. The molecule has 0 aliphatic carbocycles. The van der Waals surface area contributed by atoms with Crippen molar-refractivity contribution < 1.29 is 22.7 Å². The van der Waals surface area contributed by atoms with Gasteiger partial charge in [0.1, 0.15) is 10.8 Å². The van der Waals surface area contributed by atoms with Crippen LogP contribution < -0.4 is 4.74 Å². The number of aromatic nitrogens is 3. The Morgan fingerprint density at radius 3 is 2.56 bits per heavy atom. The fourth-order valence-corrected chi connectivity index (χ4v) is 5.67. The largest absolute Gasteiger partial charge is 0.495 e. The minimum Gasteiger partial charge on any atom is -0.495 e. The van der Waals surface area contributed by atoms with E-state index in [4.69, 9.17) is 4.74 Å². The molecule has 1 amide bonds. The van der Waals surface area contributed by atoms with Crippen LogP contribution in [0.4, 0.5) is 13.2 Å². The number of aryl methyl sites for hydroxylation is 2. The molecular weight excluding hydrogens is 525 g/mol. The molecule has 0 saturated carbocycles. The van der Waals surface area contributed by atoms with Gasteiger partial charge in [0, 0.05) is 28.8 Å². The average Bonchev–Trinajstić information content (AvgIpc) is 3.51. The molecule has 0 bridgehead atoms. The van der Waals surface area contributed by atoms with Crippen molar-refractivity contribution in [2.24, 2.45) is 0 Å². The number of hydrogen-bond acceptors (Lipinski definition) is 5. The molecule has 1 aliphatic heterocycles. The van der Waals surface area contributed by atoms with Crippen LogP contribution in [0.2, 0.25) is 0 Å². The van der Waals surface area contributed by atoms with Crippen molar-refractivity contribution >= 4 is 23.3 Å². The highest BCUT2D eigenvalue weighted by Gasteiger charge is 2.30. The number of benzene rings is 2. The second-order valence-corrected chi connectivity index (χ2v) is 10.5. The molecule has 0 N–H and O–H groups in total. The SMILES string of the molecule is COc1cc(/C=C2\CCCN(Cc3sc(-c4ccc(C(F)(F)F)cc4)nc3C)C2=O)ccc1-n1cnc(C)c1. The van der Waals surface area contributed by atoms with Crippen LogP contribution in [-0.2, 0) is 17.5 Å². The van der Waals surface area contributed by atoms with Crippen LogP contribution in [0.1, 0.15) is 40.2 Å². The van der Waals surface area contributed by atoms with E-state index in [-0.39, 0.29) is 5.91 Å². The Morgan fingerprint density at radius 1 is 1.13 bits per heavy atom. The summed E-state index contributed by atoms with van der Waals surface area (Å²) in [7, 11) is 1.61. The quantitative estimate of drug-likeness (QED) is 0.246. The summed E-state index contributed by atoms with van der Waals surface area (Å²) in [6.45, 7) is 4.82. The highest BCUT2D eigenvalue weighted by Crippen LogP contribution is 2.34. The second-order valence-electron chi connectivity index (χ2n) is 9.46. The summed E-state index contributed by atoms with van der Waals surface area (Å²) in [5, 5.41) is 0.636. The zero-order valence-electron chi connectivity index (χ0n) is 21.7. The summed E-state index contributed by atoms with van der Waals surface area (Å²) < 4.78 is 46.3. The number of carbonyl (C=O) groups excluding carboxylic acids is 1. The maximum absolute atomic E-state index is 13.4. The Labute approximate surface area is 228 Å². The Bertz CT molecular complexity index is 1540. The fraction of sp³-hybridized carbons (Fsp3) is 0.276. The zero-order valence-corrected chi connectivity index (χ0v) is 22.6. The lowest BCUT2D eigenvalue weighted by molar-refractivity contribution is -0.137. The molecule has 0 radical (unpaired) electrons. The highest BCUT2D eigenvalue weighted by atomic mass is 32.1. The van der Waals surface area contributed by atoms with Gasteiger partial charge >= 0.3 is 6.18 Å². The number of likely N-dealkylation sites (tertiary alicyclic amines) is 1. The summed E-state index contributed by atoms with van der Waals surface area (Å²) >= 11 is 1.40. The van der Waals surface area contributed by atoms with Crippen molar-refractivity contribution in [1.29, 1.82) is 0 Å². The number of thiazole rings is 1. The molecule has 0 atom stereocenters. The summed E-state index contributed by atoms with van der Waals surface area (Å²) in [6, 6.07) is 10.8. The lowest BCUT2D eigenvalue weighted by atomic mass is 10.0. The normalized spacial score (nSPS) is 15.3. The van der Waals surface area contributed by atoms with Crippen molar-refractivity contribution in [2.75, 3.05) is 13.7 Å². The third-order valence-electron chi connectivity index (χ3n) is 6.66. The molecule has 0 unspecified atom stereocenters. The Hall–Kier alpha value is -3.92. The van der Waals surface area contributed by atoms with Gasteiger partial charge in [0.05, 0.1) is 42.6 Å². The number of ether oxygens (including phenoxy) is 1. The molecule has 6 nitrogen and oxygen atoms in total. The van der Waals surface area contributed by atoms with Crippen LogP contribution >= 0.6 is 11.3 Å². The topological polar surface area (TPSA) is 60.2 Å². The van der Waals surface area contributed by atoms with E-state index in [0.29, 0.717) is 35.8 Å². The molecule has 202 valence electrons. The van der Waals surface area contributed by atoms with Crippen molar-refractivity contribution in [3.63, 3.8) is 0 Å². The van der Waals surface area contributed by atoms with Gasteiger partial charge in [-0.3, -0.25) is 4.79 Å². The van der Waals surface area contributed by atoms with Crippen LogP contribution in [0.3, 0.4) is 0 Å². The van der Waals surface area contributed by atoms with Gasteiger partial charge in [0.2, 0.25) is 5.91 Å². The number of hydrogen-bond donors (Lipinski definition) is 0. The van der Waals surface area contributed by atoms with Gasteiger partial charge in [-0.1, -0.05) is 18.2 Å². The molecule has 10 heteroatoms. The second kappa shape index (κ2) is 10.7. The van der Waals surface area contributed by atoms with Gasteiger partial charge in [-0.05, 0) is 62.6 Å². The molecule has 3 heterocycles. The molecule has 1 saturated heterocycles. The molecule has 5 rings (SSSR count). The summed E-state index contributed by atoms with van der Waals surface area (Å²) in [4.78, 5) is 25.0. The van der Waals surface area contributed by atoms with Gasteiger partial charge in [0.15, 0.2) is 0 Å². The lowest BCUT2D eigenvalue weighted by Crippen LogP contribution is -2.36. The number of nitrogens with zero attached hydrogens (tertiary/aromatic N) is 4. The first-order chi connectivity index (χ1) is 18.6.